The van der Waals surface area contributed by atoms with Crippen molar-refractivity contribution in [3.8, 4) is 0 Å². The molecule has 0 spiro atoms. The summed E-state index contributed by atoms with van der Waals surface area (Å²) in [5, 5.41) is 2.96. The van der Waals surface area contributed by atoms with Crippen molar-refractivity contribution < 1.29 is 9.59 Å². The van der Waals surface area contributed by atoms with Gasteiger partial charge in [0.05, 0.1) is 0 Å². The van der Waals surface area contributed by atoms with E-state index < -0.39 is 0 Å². The molecule has 0 bridgehead atoms. The molecular formula is C17H32N2O2. The van der Waals surface area contributed by atoms with Crippen LogP contribution in [-0.4, -0.2) is 37.4 Å². The van der Waals surface area contributed by atoms with Crippen LogP contribution in [0.1, 0.15) is 58.8 Å². The highest BCUT2D eigenvalue weighted by Gasteiger charge is 2.03. The summed E-state index contributed by atoms with van der Waals surface area (Å²) in [6.07, 6.45) is 12.4. The van der Waals surface area contributed by atoms with Gasteiger partial charge in [0, 0.05) is 26.6 Å². The zero-order valence-corrected chi connectivity index (χ0v) is 13.9. The van der Waals surface area contributed by atoms with Gasteiger partial charge in [-0.05, 0) is 31.6 Å². The Morgan fingerprint density at radius 2 is 2.00 bits per heavy atom. The second-order valence-electron chi connectivity index (χ2n) is 5.75. The SMILES string of the molecule is CCCCC/C=C\C(C)CNC(=O)CCCCN(C)C=O. The van der Waals surface area contributed by atoms with Crippen molar-refractivity contribution in [1.29, 1.82) is 0 Å². The molecule has 1 N–H and O–H groups in total. The number of nitrogens with zero attached hydrogens (tertiary/aromatic N) is 1. The molecule has 0 aromatic carbocycles. The Morgan fingerprint density at radius 3 is 2.67 bits per heavy atom. The van der Waals surface area contributed by atoms with Gasteiger partial charge in [0.15, 0.2) is 0 Å². The molecule has 0 aliphatic carbocycles. The molecule has 0 saturated carbocycles. The van der Waals surface area contributed by atoms with Crippen molar-refractivity contribution in [3.05, 3.63) is 12.2 Å². The van der Waals surface area contributed by atoms with E-state index in [9.17, 15) is 9.59 Å². The van der Waals surface area contributed by atoms with Crippen LogP contribution in [0.3, 0.4) is 0 Å². The maximum Gasteiger partial charge on any atom is 0.220 e. The van der Waals surface area contributed by atoms with Crippen LogP contribution in [0.15, 0.2) is 12.2 Å². The molecule has 0 aliphatic heterocycles. The molecule has 0 rings (SSSR count). The summed E-state index contributed by atoms with van der Waals surface area (Å²) < 4.78 is 0. The first-order valence-corrected chi connectivity index (χ1v) is 8.19. The van der Waals surface area contributed by atoms with E-state index in [0.29, 0.717) is 25.4 Å². The van der Waals surface area contributed by atoms with E-state index in [4.69, 9.17) is 0 Å². The normalized spacial score (nSPS) is 12.3. The van der Waals surface area contributed by atoms with Gasteiger partial charge in [-0.2, -0.15) is 0 Å². The lowest BCUT2D eigenvalue weighted by atomic mass is 10.1. The minimum Gasteiger partial charge on any atom is -0.356 e. The van der Waals surface area contributed by atoms with Crippen molar-refractivity contribution in [2.75, 3.05) is 20.1 Å². The van der Waals surface area contributed by atoms with Gasteiger partial charge >= 0.3 is 0 Å². The Labute approximate surface area is 130 Å². The van der Waals surface area contributed by atoms with Gasteiger partial charge in [0.2, 0.25) is 12.3 Å². The molecule has 1 atom stereocenters. The van der Waals surface area contributed by atoms with Crippen LogP contribution in [0.2, 0.25) is 0 Å². The Bertz CT molecular complexity index is 303. The van der Waals surface area contributed by atoms with Crippen LogP contribution < -0.4 is 5.32 Å². The first-order valence-electron chi connectivity index (χ1n) is 8.19. The zero-order valence-electron chi connectivity index (χ0n) is 13.9. The number of nitrogens with one attached hydrogen (secondary N) is 1. The van der Waals surface area contributed by atoms with E-state index in [1.54, 1.807) is 11.9 Å². The highest BCUT2D eigenvalue weighted by Crippen LogP contribution is 2.03. The summed E-state index contributed by atoms with van der Waals surface area (Å²) in [6, 6.07) is 0. The fourth-order valence-corrected chi connectivity index (χ4v) is 1.97. The molecule has 21 heavy (non-hydrogen) atoms. The number of amides is 2. The number of carbonyl (C=O) groups excluding carboxylic acids is 2. The van der Waals surface area contributed by atoms with Crippen molar-refractivity contribution in [3.63, 3.8) is 0 Å². The molecule has 0 heterocycles. The fourth-order valence-electron chi connectivity index (χ4n) is 1.97. The number of allylic oxidation sites excluding steroid dienone is 1. The molecule has 0 saturated heterocycles. The van der Waals surface area contributed by atoms with Gasteiger partial charge in [-0.25, -0.2) is 0 Å². The van der Waals surface area contributed by atoms with Gasteiger partial charge in [-0.1, -0.05) is 38.8 Å². The van der Waals surface area contributed by atoms with E-state index >= 15 is 0 Å². The van der Waals surface area contributed by atoms with Gasteiger partial charge in [-0.15, -0.1) is 0 Å². The summed E-state index contributed by atoms with van der Waals surface area (Å²) in [6.45, 7) is 5.75. The number of unbranched alkanes of at least 4 members (excludes halogenated alkanes) is 4. The summed E-state index contributed by atoms with van der Waals surface area (Å²) in [7, 11) is 1.75. The predicted octanol–water partition coefficient (Wildman–Crippen LogP) is 3.13. The fraction of sp³-hybridized carbons (Fsp3) is 0.765. The first kappa shape index (κ1) is 19.7. The maximum atomic E-state index is 11.7. The average molecular weight is 296 g/mol. The Hall–Kier alpha value is -1.32. The second kappa shape index (κ2) is 13.7. The number of hydrogen-bond donors (Lipinski definition) is 1. The number of rotatable bonds is 13. The highest BCUT2D eigenvalue weighted by atomic mass is 16.1. The van der Waals surface area contributed by atoms with E-state index in [1.165, 1.54) is 19.3 Å². The molecule has 122 valence electrons. The molecule has 0 aromatic heterocycles. The topological polar surface area (TPSA) is 49.4 Å². The van der Waals surface area contributed by atoms with Crippen molar-refractivity contribution in [2.45, 2.75) is 58.8 Å². The summed E-state index contributed by atoms with van der Waals surface area (Å²) >= 11 is 0. The van der Waals surface area contributed by atoms with Crippen LogP contribution in [0.4, 0.5) is 0 Å². The standard InChI is InChI=1S/C17H32N2O2/c1-4-5-6-7-8-11-16(2)14-18-17(21)12-9-10-13-19(3)15-20/h8,11,15-16H,4-7,9-10,12-14H2,1-3H3,(H,18,21)/b11-8-. The Balaban J connectivity index is 3.56. The first-order chi connectivity index (χ1) is 10.1. The largest absolute Gasteiger partial charge is 0.356 e. The van der Waals surface area contributed by atoms with Crippen LogP contribution in [0.5, 0.6) is 0 Å². The zero-order chi connectivity index (χ0) is 15.9. The molecule has 0 radical (unpaired) electrons. The smallest absolute Gasteiger partial charge is 0.220 e. The number of carbonyl (C=O) groups is 2. The minimum absolute atomic E-state index is 0.106. The van der Waals surface area contributed by atoms with Gasteiger partial charge in [0.1, 0.15) is 0 Å². The molecular weight excluding hydrogens is 264 g/mol. The lowest BCUT2D eigenvalue weighted by Gasteiger charge is -2.11. The second-order valence-corrected chi connectivity index (χ2v) is 5.75. The van der Waals surface area contributed by atoms with Crippen molar-refractivity contribution >= 4 is 12.3 Å². The van der Waals surface area contributed by atoms with Crippen LogP contribution in [-0.2, 0) is 9.59 Å². The lowest BCUT2D eigenvalue weighted by Crippen LogP contribution is -2.27. The van der Waals surface area contributed by atoms with Gasteiger partial charge in [0.25, 0.3) is 0 Å². The highest BCUT2D eigenvalue weighted by molar-refractivity contribution is 5.75. The molecule has 4 heteroatoms. The summed E-state index contributed by atoms with van der Waals surface area (Å²) in [5.74, 6) is 0.492. The van der Waals surface area contributed by atoms with Gasteiger partial charge in [-0.3, -0.25) is 9.59 Å². The average Bonchev–Trinajstić information content (AvgIpc) is 2.49. The molecule has 0 aliphatic rings. The van der Waals surface area contributed by atoms with E-state index in [-0.39, 0.29) is 5.91 Å². The third-order valence-electron chi connectivity index (χ3n) is 3.40. The quantitative estimate of drug-likeness (QED) is 0.322. The van der Waals surface area contributed by atoms with Gasteiger partial charge < -0.3 is 10.2 Å². The monoisotopic (exact) mass is 296 g/mol. The molecule has 1 unspecified atom stereocenters. The van der Waals surface area contributed by atoms with Crippen molar-refractivity contribution in [2.24, 2.45) is 5.92 Å². The Kier molecular flexibility index (Phi) is 12.8. The Morgan fingerprint density at radius 1 is 1.24 bits per heavy atom. The lowest BCUT2D eigenvalue weighted by molar-refractivity contribution is -0.121. The molecule has 0 aromatic rings. The van der Waals surface area contributed by atoms with Crippen LogP contribution >= 0.6 is 0 Å². The van der Waals surface area contributed by atoms with E-state index in [1.807, 2.05) is 0 Å². The predicted molar refractivity (Wildman–Crippen MR) is 88.0 cm³/mol. The molecule has 0 fully saturated rings. The maximum absolute atomic E-state index is 11.7. The number of hydrogen-bond acceptors (Lipinski definition) is 2. The minimum atomic E-state index is 0.106. The van der Waals surface area contributed by atoms with Crippen LogP contribution in [0.25, 0.3) is 0 Å². The van der Waals surface area contributed by atoms with Crippen LogP contribution in [0, 0.1) is 5.92 Å². The molecule has 2 amide bonds. The van der Waals surface area contributed by atoms with E-state index in [2.05, 4.69) is 31.3 Å². The summed E-state index contributed by atoms with van der Waals surface area (Å²) in [4.78, 5) is 23.7. The van der Waals surface area contributed by atoms with Crippen molar-refractivity contribution in [1.82, 2.24) is 10.2 Å². The third-order valence-corrected chi connectivity index (χ3v) is 3.40. The third kappa shape index (κ3) is 13.4. The summed E-state index contributed by atoms with van der Waals surface area (Å²) in [5.41, 5.74) is 0. The molecule has 4 nitrogen and oxygen atoms in total. The van der Waals surface area contributed by atoms with E-state index in [0.717, 1.165) is 25.7 Å².